The fourth-order valence-corrected chi connectivity index (χ4v) is 5.45. The maximum Gasteiger partial charge on any atom is 0.252 e. The SMILES string of the molecule is O=C1NC(=NC2CC2)NC12C1CC3CC(C1)CC2C3. The number of hydrogen-bond donors (Lipinski definition) is 2. The number of rotatable bonds is 1. The number of nitrogens with zero attached hydrogens (tertiary/aromatic N) is 1. The van der Waals surface area contributed by atoms with E-state index >= 15 is 0 Å². The molecule has 1 aliphatic heterocycles. The molecule has 5 saturated carbocycles. The van der Waals surface area contributed by atoms with Gasteiger partial charge in [0.15, 0.2) is 5.96 Å². The second-order valence-electron chi connectivity index (χ2n) is 7.46. The molecule has 0 aromatic heterocycles. The van der Waals surface area contributed by atoms with Gasteiger partial charge in [0.05, 0.1) is 6.04 Å². The van der Waals surface area contributed by atoms with Crippen molar-refractivity contribution in [3.05, 3.63) is 0 Å². The van der Waals surface area contributed by atoms with E-state index in [1.165, 1.54) is 44.9 Å². The molecular formula is C15H21N3O. The van der Waals surface area contributed by atoms with Gasteiger partial charge in [0.25, 0.3) is 5.91 Å². The van der Waals surface area contributed by atoms with E-state index in [-0.39, 0.29) is 11.4 Å². The summed E-state index contributed by atoms with van der Waals surface area (Å²) in [5.74, 6) is 3.89. The first-order chi connectivity index (χ1) is 9.24. The molecule has 0 aromatic rings. The molecule has 0 atom stereocenters. The van der Waals surface area contributed by atoms with Gasteiger partial charge in [-0.2, -0.15) is 0 Å². The number of nitrogens with one attached hydrogen (secondary N) is 2. The van der Waals surface area contributed by atoms with Crippen molar-refractivity contribution in [3.63, 3.8) is 0 Å². The summed E-state index contributed by atoms with van der Waals surface area (Å²) in [6.07, 6.45) is 8.81. The Labute approximate surface area is 113 Å². The Hall–Kier alpha value is -1.06. The Balaban J connectivity index is 1.51. The minimum atomic E-state index is -0.291. The lowest BCUT2D eigenvalue weighted by Crippen LogP contribution is -2.66. The Kier molecular flexibility index (Phi) is 1.88. The first-order valence-corrected chi connectivity index (χ1v) is 7.91. The number of carbonyl (C=O) groups excluding carboxylic acids is 1. The maximum atomic E-state index is 12.6. The summed E-state index contributed by atoms with van der Waals surface area (Å²) in [5.41, 5.74) is -0.291. The van der Waals surface area contributed by atoms with Crippen molar-refractivity contribution < 1.29 is 4.79 Å². The molecule has 1 amide bonds. The van der Waals surface area contributed by atoms with Gasteiger partial charge in [0, 0.05) is 0 Å². The minimum Gasteiger partial charge on any atom is -0.341 e. The number of guanidine groups is 1. The summed E-state index contributed by atoms with van der Waals surface area (Å²) in [7, 11) is 0. The van der Waals surface area contributed by atoms with Crippen molar-refractivity contribution in [2.24, 2.45) is 28.7 Å². The van der Waals surface area contributed by atoms with E-state index in [0.717, 1.165) is 17.8 Å². The van der Waals surface area contributed by atoms with Crippen LogP contribution in [0.3, 0.4) is 0 Å². The lowest BCUT2D eigenvalue weighted by atomic mass is 9.48. The van der Waals surface area contributed by atoms with Gasteiger partial charge in [-0.05, 0) is 68.6 Å². The zero-order valence-corrected chi connectivity index (χ0v) is 11.2. The monoisotopic (exact) mass is 259 g/mol. The normalized spacial score (nSPS) is 52.8. The smallest absolute Gasteiger partial charge is 0.252 e. The van der Waals surface area contributed by atoms with Gasteiger partial charge in [0.2, 0.25) is 0 Å². The molecule has 0 radical (unpaired) electrons. The maximum absolute atomic E-state index is 12.6. The Bertz CT molecular complexity index is 452. The highest BCUT2D eigenvalue weighted by Gasteiger charge is 2.63. The zero-order valence-electron chi connectivity index (χ0n) is 11.2. The van der Waals surface area contributed by atoms with E-state index in [9.17, 15) is 4.79 Å². The summed E-state index contributed by atoms with van der Waals surface area (Å²) in [4.78, 5) is 17.3. The standard InChI is InChI=1S/C15H21N3O/c19-13-15(18-14(17-13)16-12-1-2-12)10-4-8-3-9(6-10)7-11(15)5-8/h8-12H,1-7H2,(H2,16,17,18,19). The molecular weight excluding hydrogens is 238 g/mol. The minimum absolute atomic E-state index is 0.223. The van der Waals surface area contributed by atoms with Crippen molar-refractivity contribution in [3.8, 4) is 0 Å². The molecule has 5 aliphatic carbocycles. The molecule has 0 aromatic carbocycles. The van der Waals surface area contributed by atoms with Gasteiger partial charge in [-0.25, -0.2) is 4.99 Å². The zero-order chi connectivity index (χ0) is 12.6. The van der Waals surface area contributed by atoms with E-state index in [0.29, 0.717) is 17.9 Å². The third-order valence-corrected chi connectivity index (χ3v) is 6.22. The molecule has 4 bridgehead atoms. The molecule has 1 spiro atoms. The van der Waals surface area contributed by atoms with E-state index < -0.39 is 0 Å². The number of aliphatic imine (C=N–C) groups is 1. The molecule has 6 fully saturated rings. The van der Waals surface area contributed by atoms with Gasteiger partial charge in [0.1, 0.15) is 5.54 Å². The van der Waals surface area contributed by atoms with Crippen LogP contribution >= 0.6 is 0 Å². The highest BCUT2D eigenvalue weighted by Crippen LogP contribution is 2.58. The third kappa shape index (κ3) is 1.35. The molecule has 1 heterocycles. The summed E-state index contributed by atoms with van der Waals surface area (Å²) in [5, 5.41) is 6.60. The fourth-order valence-electron chi connectivity index (χ4n) is 5.45. The quantitative estimate of drug-likeness (QED) is 0.748. The molecule has 6 aliphatic rings. The first kappa shape index (κ1) is 10.7. The van der Waals surface area contributed by atoms with Crippen LogP contribution in [-0.4, -0.2) is 23.4 Å². The summed E-state index contributed by atoms with van der Waals surface area (Å²) >= 11 is 0. The first-order valence-electron chi connectivity index (χ1n) is 7.91. The van der Waals surface area contributed by atoms with Crippen molar-refractivity contribution in [1.29, 1.82) is 0 Å². The number of amides is 1. The molecule has 4 nitrogen and oxygen atoms in total. The highest BCUT2D eigenvalue weighted by atomic mass is 16.2. The summed E-state index contributed by atoms with van der Waals surface area (Å²) in [6, 6.07) is 0.467. The van der Waals surface area contributed by atoms with Crippen LogP contribution in [0.5, 0.6) is 0 Å². The van der Waals surface area contributed by atoms with Crippen molar-refractivity contribution in [1.82, 2.24) is 10.6 Å². The van der Waals surface area contributed by atoms with Crippen LogP contribution in [0.4, 0.5) is 0 Å². The Morgan fingerprint density at radius 3 is 2.21 bits per heavy atom. The van der Waals surface area contributed by atoms with Crippen LogP contribution in [0.1, 0.15) is 44.9 Å². The van der Waals surface area contributed by atoms with Crippen molar-refractivity contribution in [2.75, 3.05) is 0 Å². The number of carbonyl (C=O) groups is 1. The Morgan fingerprint density at radius 2 is 1.63 bits per heavy atom. The van der Waals surface area contributed by atoms with Gasteiger partial charge < -0.3 is 5.32 Å². The second kappa shape index (κ2) is 3.33. The summed E-state index contributed by atoms with van der Waals surface area (Å²) < 4.78 is 0. The van der Waals surface area contributed by atoms with Gasteiger partial charge >= 0.3 is 0 Å². The molecule has 2 N–H and O–H groups in total. The van der Waals surface area contributed by atoms with Crippen molar-refractivity contribution in [2.45, 2.75) is 56.5 Å². The molecule has 6 rings (SSSR count). The largest absolute Gasteiger partial charge is 0.341 e. The molecule has 4 heteroatoms. The lowest BCUT2D eigenvalue weighted by molar-refractivity contribution is -0.140. The average molecular weight is 259 g/mol. The average Bonchev–Trinajstić information content (AvgIpc) is 3.10. The van der Waals surface area contributed by atoms with Crippen LogP contribution in [0.15, 0.2) is 4.99 Å². The van der Waals surface area contributed by atoms with Gasteiger partial charge in [-0.1, -0.05) is 0 Å². The fraction of sp³-hybridized carbons (Fsp3) is 0.867. The van der Waals surface area contributed by atoms with E-state index in [1.807, 2.05) is 0 Å². The molecule has 1 saturated heterocycles. The topological polar surface area (TPSA) is 53.5 Å². The predicted molar refractivity (Wildman–Crippen MR) is 71.5 cm³/mol. The second-order valence-corrected chi connectivity index (χ2v) is 7.46. The highest BCUT2D eigenvalue weighted by molar-refractivity contribution is 6.09. The van der Waals surface area contributed by atoms with Crippen LogP contribution in [0.25, 0.3) is 0 Å². The van der Waals surface area contributed by atoms with Crippen LogP contribution in [0.2, 0.25) is 0 Å². The summed E-state index contributed by atoms with van der Waals surface area (Å²) in [6.45, 7) is 0. The predicted octanol–water partition coefficient (Wildman–Crippen LogP) is 1.42. The van der Waals surface area contributed by atoms with E-state index in [2.05, 4.69) is 15.6 Å². The van der Waals surface area contributed by atoms with Gasteiger partial charge in [-0.3, -0.25) is 10.1 Å². The van der Waals surface area contributed by atoms with E-state index in [4.69, 9.17) is 0 Å². The number of hydrogen-bond acceptors (Lipinski definition) is 2. The van der Waals surface area contributed by atoms with Crippen LogP contribution in [0, 0.1) is 23.7 Å². The van der Waals surface area contributed by atoms with E-state index in [1.54, 1.807) is 0 Å². The molecule has 0 unspecified atom stereocenters. The van der Waals surface area contributed by atoms with Crippen LogP contribution < -0.4 is 10.6 Å². The lowest BCUT2D eigenvalue weighted by Gasteiger charge is -2.58. The molecule has 19 heavy (non-hydrogen) atoms. The van der Waals surface area contributed by atoms with Gasteiger partial charge in [-0.15, -0.1) is 0 Å². The Morgan fingerprint density at radius 1 is 1.00 bits per heavy atom. The third-order valence-electron chi connectivity index (χ3n) is 6.22. The molecule has 102 valence electrons. The van der Waals surface area contributed by atoms with Crippen molar-refractivity contribution >= 4 is 11.9 Å². The van der Waals surface area contributed by atoms with Crippen LogP contribution in [-0.2, 0) is 4.79 Å².